The first kappa shape index (κ1) is 17.8. The van der Waals surface area contributed by atoms with Gasteiger partial charge in [-0.3, -0.25) is 4.79 Å². The fourth-order valence-corrected chi connectivity index (χ4v) is 4.60. The summed E-state index contributed by atoms with van der Waals surface area (Å²) in [5, 5.41) is 3.88. The minimum atomic E-state index is -3.66. The van der Waals surface area contributed by atoms with E-state index in [9.17, 15) is 17.6 Å². The lowest BCUT2D eigenvalue weighted by Crippen LogP contribution is -2.50. The number of carbonyl (C=O) groups excluding carboxylic acids is 1. The second-order valence-electron chi connectivity index (χ2n) is 5.57. The van der Waals surface area contributed by atoms with E-state index in [4.69, 9.17) is 0 Å². The van der Waals surface area contributed by atoms with Crippen LogP contribution in [0.5, 0.6) is 0 Å². The van der Waals surface area contributed by atoms with Crippen LogP contribution in [0, 0.1) is 5.82 Å². The highest BCUT2D eigenvalue weighted by Gasteiger charge is 2.29. The van der Waals surface area contributed by atoms with Crippen LogP contribution in [-0.4, -0.2) is 49.7 Å². The molecule has 0 saturated carbocycles. The van der Waals surface area contributed by atoms with Crippen LogP contribution in [0.4, 0.5) is 4.39 Å². The SMILES string of the molecule is O=C(/C=C/c1ccsc1)N1CCN(S(=O)(=O)c2ccc(F)cc2)CC1. The van der Waals surface area contributed by atoms with Crippen LogP contribution in [0.25, 0.3) is 6.08 Å². The molecule has 1 fully saturated rings. The van der Waals surface area contributed by atoms with Gasteiger partial charge in [-0.25, -0.2) is 12.8 Å². The lowest BCUT2D eigenvalue weighted by molar-refractivity contribution is -0.127. The van der Waals surface area contributed by atoms with E-state index in [0.29, 0.717) is 13.1 Å². The van der Waals surface area contributed by atoms with Crippen molar-refractivity contribution in [2.45, 2.75) is 4.90 Å². The number of nitrogens with zero attached hydrogens (tertiary/aromatic N) is 2. The third-order valence-corrected chi connectivity index (χ3v) is 6.58. The first-order chi connectivity index (χ1) is 12.0. The quantitative estimate of drug-likeness (QED) is 0.766. The Morgan fingerprint density at radius 1 is 1.08 bits per heavy atom. The molecule has 0 radical (unpaired) electrons. The van der Waals surface area contributed by atoms with E-state index in [1.807, 2.05) is 16.8 Å². The van der Waals surface area contributed by atoms with Gasteiger partial charge in [-0.05, 0) is 52.7 Å². The van der Waals surface area contributed by atoms with Crippen molar-refractivity contribution in [3.63, 3.8) is 0 Å². The number of halogens is 1. The van der Waals surface area contributed by atoms with Crippen molar-refractivity contribution in [2.24, 2.45) is 0 Å². The Morgan fingerprint density at radius 2 is 1.76 bits per heavy atom. The summed E-state index contributed by atoms with van der Waals surface area (Å²) < 4.78 is 39.4. The molecule has 0 N–H and O–H groups in total. The molecule has 0 bridgehead atoms. The molecule has 5 nitrogen and oxygen atoms in total. The third kappa shape index (κ3) is 4.15. The van der Waals surface area contributed by atoms with Gasteiger partial charge >= 0.3 is 0 Å². The minimum absolute atomic E-state index is 0.0611. The van der Waals surface area contributed by atoms with Gasteiger partial charge in [-0.15, -0.1) is 0 Å². The standard InChI is InChI=1S/C17H17FN2O3S2/c18-15-2-4-16(5-3-15)25(22,23)20-10-8-19(9-11-20)17(21)6-1-14-7-12-24-13-14/h1-7,12-13H,8-11H2/b6-1+. The number of benzene rings is 1. The van der Waals surface area contributed by atoms with Gasteiger partial charge in [-0.1, -0.05) is 0 Å². The van der Waals surface area contributed by atoms with Gasteiger partial charge in [0.15, 0.2) is 0 Å². The van der Waals surface area contributed by atoms with E-state index < -0.39 is 15.8 Å². The number of thiophene rings is 1. The normalized spacial score (nSPS) is 16.4. The molecule has 132 valence electrons. The molecule has 0 atom stereocenters. The van der Waals surface area contributed by atoms with Crippen molar-refractivity contribution >= 4 is 33.3 Å². The van der Waals surface area contributed by atoms with Gasteiger partial charge < -0.3 is 4.90 Å². The van der Waals surface area contributed by atoms with E-state index in [1.165, 1.54) is 22.5 Å². The summed E-state index contributed by atoms with van der Waals surface area (Å²) in [6.45, 7) is 1.09. The molecule has 8 heteroatoms. The summed E-state index contributed by atoms with van der Waals surface area (Å²) in [6.07, 6.45) is 3.26. The highest BCUT2D eigenvalue weighted by atomic mass is 32.2. The lowest BCUT2D eigenvalue weighted by atomic mass is 10.3. The van der Waals surface area contributed by atoms with Gasteiger partial charge in [0.2, 0.25) is 15.9 Å². The van der Waals surface area contributed by atoms with Gasteiger partial charge in [0.1, 0.15) is 5.82 Å². The predicted molar refractivity (Wildman–Crippen MR) is 95.1 cm³/mol. The van der Waals surface area contributed by atoms with Gasteiger partial charge in [0.05, 0.1) is 4.90 Å². The molecule has 1 aliphatic rings. The van der Waals surface area contributed by atoms with Crippen LogP contribution in [-0.2, 0) is 14.8 Å². The zero-order valence-corrected chi connectivity index (χ0v) is 15.0. The maximum atomic E-state index is 13.0. The monoisotopic (exact) mass is 380 g/mol. The van der Waals surface area contributed by atoms with E-state index in [1.54, 1.807) is 22.3 Å². The Bertz CT molecular complexity index is 854. The first-order valence-corrected chi connectivity index (χ1v) is 10.1. The van der Waals surface area contributed by atoms with Crippen molar-refractivity contribution in [1.82, 2.24) is 9.21 Å². The summed E-state index contributed by atoms with van der Waals surface area (Å²) in [4.78, 5) is 13.9. The minimum Gasteiger partial charge on any atom is -0.337 e. The molecule has 1 aliphatic heterocycles. The van der Waals surface area contributed by atoms with Gasteiger partial charge in [-0.2, -0.15) is 15.6 Å². The average Bonchev–Trinajstić information content (AvgIpc) is 3.14. The first-order valence-electron chi connectivity index (χ1n) is 7.72. The zero-order chi connectivity index (χ0) is 17.9. The van der Waals surface area contributed by atoms with Crippen molar-refractivity contribution in [2.75, 3.05) is 26.2 Å². The second kappa shape index (κ2) is 7.47. The van der Waals surface area contributed by atoms with Crippen LogP contribution in [0.15, 0.2) is 52.1 Å². The fourth-order valence-electron chi connectivity index (χ4n) is 2.55. The summed E-state index contributed by atoms with van der Waals surface area (Å²) in [7, 11) is -3.66. The number of hydrogen-bond donors (Lipinski definition) is 0. The fraction of sp³-hybridized carbons (Fsp3) is 0.235. The average molecular weight is 380 g/mol. The summed E-state index contributed by atoms with van der Waals surface area (Å²) in [5.41, 5.74) is 0.968. The summed E-state index contributed by atoms with van der Waals surface area (Å²) in [6, 6.07) is 6.68. The number of amides is 1. The molecule has 1 aromatic heterocycles. The Morgan fingerprint density at radius 3 is 2.36 bits per heavy atom. The number of hydrogen-bond acceptors (Lipinski definition) is 4. The highest BCUT2D eigenvalue weighted by molar-refractivity contribution is 7.89. The van der Waals surface area contributed by atoms with Gasteiger partial charge in [0, 0.05) is 32.3 Å². The number of rotatable bonds is 4. The maximum Gasteiger partial charge on any atom is 0.246 e. The Hall–Kier alpha value is -2.03. The molecule has 1 saturated heterocycles. The lowest BCUT2D eigenvalue weighted by Gasteiger charge is -2.33. The summed E-state index contributed by atoms with van der Waals surface area (Å²) in [5.74, 6) is -0.614. The predicted octanol–water partition coefficient (Wildman–Crippen LogP) is 2.43. The van der Waals surface area contributed by atoms with E-state index >= 15 is 0 Å². The number of carbonyl (C=O) groups is 1. The molecular weight excluding hydrogens is 363 g/mol. The number of piperazine rings is 1. The smallest absolute Gasteiger partial charge is 0.246 e. The summed E-state index contributed by atoms with van der Waals surface area (Å²) >= 11 is 1.56. The largest absolute Gasteiger partial charge is 0.337 e. The van der Waals surface area contributed by atoms with Crippen LogP contribution in [0.1, 0.15) is 5.56 Å². The second-order valence-corrected chi connectivity index (χ2v) is 8.29. The molecule has 3 rings (SSSR count). The molecule has 25 heavy (non-hydrogen) atoms. The van der Waals surface area contributed by atoms with Crippen LogP contribution >= 0.6 is 11.3 Å². The molecule has 2 heterocycles. The zero-order valence-electron chi connectivity index (χ0n) is 13.3. The topological polar surface area (TPSA) is 57.7 Å². The van der Waals surface area contributed by atoms with Crippen LogP contribution < -0.4 is 0 Å². The van der Waals surface area contributed by atoms with Gasteiger partial charge in [0.25, 0.3) is 0 Å². The molecule has 2 aromatic rings. The Kier molecular flexibility index (Phi) is 5.31. The maximum absolute atomic E-state index is 13.0. The third-order valence-electron chi connectivity index (χ3n) is 3.96. The molecule has 0 unspecified atom stereocenters. The Balaban J connectivity index is 1.61. The van der Waals surface area contributed by atoms with Crippen LogP contribution in [0.2, 0.25) is 0 Å². The molecule has 0 spiro atoms. The van der Waals surface area contributed by atoms with E-state index in [-0.39, 0.29) is 23.9 Å². The van der Waals surface area contributed by atoms with Crippen molar-refractivity contribution < 1.29 is 17.6 Å². The highest BCUT2D eigenvalue weighted by Crippen LogP contribution is 2.18. The number of sulfonamides is 1. The Labute approximate surface area is 150 Å². The molecular formula is C17H17FN2O3S2. The molecule has 1 amide bonds. The van der Waals surface area contributed by atoms with Crippen molar-refractivity contribution in [3.05, 3.63) is 58.5 Å². The van der Waals surface area contributed by atoms with E-state index in [2.05, 4.69) is 0 Å². The van der Waals surface area contributed by atoms with Crippen LogP contribution in [0.3, 0.4) is 0 Å². The van der Waals surface area contributed by atoms with Crippen molar-refractivity contribution in [3.8, 4) is 0 Å². The molecule has 0 aliphatic carbocycles. The molecule has 1 aromatic carbocycles. The van der Waals surface area contributed by atoms with Crippen molar-refractivity contribution in [1.29, 1.82) is 0 Å². The van der Waals surface area contributed by atoms with E-state index in [0.717, 1.165) is 17.7 Å².